The fraction of sp³-hybridized carbons (Fsp3) is 0.625. The monoisotopic (exact) mass is 156 g/mol. The molecule has 0 aromatic carbocycles. The highest BCUT2D eigenvalue weighted by molar-refractivity contribution is 5.99. The summed E-state index contributed by atoms with van der Waals surface area (Å²) in [5.41, 5.74) is 0. The molecule has 0 fully saturated rings. The van der Waals surface area contributed by atoms with Crippen molar-refractivity contribution in [3.63, 3.8) is 0 Å². The van der Waals surface area contributed by atoms with Crippen molar-refractivity contribution < 1.29 is 14.3 Å². The van der Waals surface area contributed by atoms with Crippen LogP contribution in [0.25, 0.3) is 0 Å². The highest BCUT2D eigenvalue weighted by Crippen LogP contribution is 2.23. The van der Waals surface area contributed by atoms with Crippen molar-refractivity contribution in [1.82, 2.24) is 0 Å². The summed E-state index contributed by atoms with van der Waals surface area (Å²) < 4.78 is 10.1. The maximum Gasteiger partial charge on any atom is 0.241 e. The number of rotatable bonds is 2. The molecule has 0 aliphatic carbocycles. The fourth-order valence-corrected chi connectivity index (χ4v) is 1.15. The first-order chi connectivity index (χ1) is 5.20. The van der Waals surface area contributed by atoms with Gasteiger partial charge in [-0.25, -0.2) is 0 Å². The van der Waals surface area contributed by atoms with Crippen LogP contribution in [0.2, 0.25) is 0 Å². The summed E-state index contributed by atoms with van der Waals surface area (Å²) in [4.78, 5) is 11.3. The average molecular weight is 156 g/mol. The lowest BCUT2D eigenvalue weighted by molar-refractivity contribution is -0.123. The molecule has 1 unspecified atom stereocenters. The SMILES string of the molecule is CCC1OC(C)=C(OC)C1=O. The van der Waals surface area contributed by atoms with Crippen LogP contribution in [0.15, 0.2) is 11.5 Å². The number of ketones is 1. The first-order valence-electron chi connectivity index (χ1n) is 3.66. The van der Waals surface area contributed by atoms with Gasteiger partial charge in [-0.2, -0.15) is 0 Å². The second kappa shape index (κ2) is 2.95. The van der Waals surface area contributed by atoms with Crippen molar-refractivity contribution in [1.29, 1.82) is 0 Å². The van der Waals surface area contributed by atoms with E-state index in [-0.39, 0.29) is 11.9 Å². The zero-order valence-corrected chi connectivity index (χ0v) is 7.01. The second-order valence-electron chi connectivity index (χ2n) is 2.47. The Morgan fingerprint density at radius 3 is 2.55 bits per heavy atom. The van der Waals surface area contributed by atoms with Crippen LogP contribution in [0.5, 0.6) is 0 Å². The number of carbonyl (C=O) groups is 1. The summed E-state index contributed by atoms with van der Waals surface area (Å²) in [5, 5.41) is 0. The molecule has 62 valence electrons. The molecular weight excluding hydrogens is 144 g/mol. The number of hydrogen-bond acceptors (Lipinski definition) is 3. The molecule has 1 rings (SSSR count). The number of ether oxygens (including phenoxy) is 2. The van der Waals surface area contributed by atoms with Gasteiger partial charge in [0, 0.05) is 0 Å². The summed E-state index contributed by atoms with van der Waals surface area (Å²) in [7, 11) is 1.48. The van der Waals surface area contributed by atoms with E-state index in [4.69, 9.17) is 9.47 Å². The van der Waals surface area contributed by atoms with Crippen molar-refractivity contribution in [2.75, 3.05) is 7.11 Å². The number of carbonyl (C=O) groups excluding carboxylic acids is 1. The molecular formula is C8H12O3. The molecule has 0 N–H and O–H groups in total. The van der Waals surface area contributed by atoms with Gasteiger partial charge in [-0.1, -0.05) is 6.92 Å². The van der Waals surface area contributed by atoms with Crippen LogP contribution in [0.3, 0.4) is 0 Å². The summed E-state index contributed by atoms with van der Waals surface area (Å²) >= 11 is 0. The van der Waals surface area contributed by atoms with Gasteiger partial charge in [-0.05, 0) is 13.3 Å². The summed E-state index contributed by atoms with van der Waals surface area (Å²) in [6.45, 7) is 3.65. The van der Waals surface area contributed by atoms with E-state index in [1.165, 1.54) is 7.11 Å². The van der Waals surface area contributed by atoms with E-state index in [0.29, 0.717) is 17.9 Å². The number of Topliss-reactive ketones (excluding diaryl/α,β-unsaturated/α-hetero) is 1. The third-order valence-electron chi connectivity index (χ3n) is 1.73. The molecule has 1 atom stereocenters. The van der Waals surface area contributed by atoms with Crippen LogP contribution in [0.1, 0.15) is 20.3 Å². The van der Waals surface area contributed by atoms with Gasteiger partial charge < -0.3 is 9.47 Å². The predicted molar refractivity (Wildman–Crippen MR) is 39.9 cm³/mol. The van der Waals surface area contributed by atoms with Crippen LogP contribution in [0, 0.1) is 0 Å². The van der Waals surface area contributed by atoms with Gasteiger partial charge in [-0.15, -0.1) is 0 Å². The molecule has 0 aromatic heterocycles. The highest BCUT2D eigenvalue weighted by Gasteiger charge is 2.32. The topological polar surface area (TPSA) is 35.5 Å². The smallest absolute Gasteiger partial charge is 0.241 e. The molecule has 0 bridgehead atoms. The van der Waals surface area contributed by atoms with E-state index in [2.05, 4.69) is 0 Å². The quantitative estimate of drug-likeness (QED) is 0.603. The lowest BCUT2D eigenvalue weighted by Gasteiger charge is -2.04. The summed E-state index contributed by atoms with van der Waals surface area (Å²) in [5.74, 6) is 0.939. The van der Waals surface area contributed by atoms with Crippen molar-refractivity contribution in [2.45, 2.75) is 26.4 Å². The largest absolute Gasteiger partial charge is 0.490 e. The fourth-order valence-electron chi connectivity index (χ4n) is 1.15. The third-order valence-corrected chi connectivity index (χ3v) is 1.73. The summed E-state index contributed by atoms with van der Waals surface area (Å²) in [6, 6.07) is 0. The molecule has 0 aromatic rings. The minimum atomic E-state index is -0.315. The summed E-state index contributed by atoms with van der Waals surface area (Å²) in [6.07, 6.45) is 0.383. The van der Waals surface area contributed by atoms with Gasteiger partial charge in [0.1, 0.15) is 5.76 Å². The van der Waals surface area contributed by atoms with E-state index in [1.807, 2.05) is 6.92 Å². The maximum atomic E-state index is 11.3. The lowest BCUT2D eigenvalue weighted by atomic mass is 10.2. The second-order valence-corrected chi connectivity index (χ2v) is 2.47. The molecule has 1 aliphatic rings. The first kappa shape index (κ1) is 8.11. The third kappa shape index (κ3) is 1.23. The molecule has 0 saturated heterocycles. The molecule has 1 aliphatic heterocycles. The zero-order chi connectivity index (χ0) is 8.43. The van der Waals surface area contributed by atoms with Gasteiger partial charge >= 0.3 is 0 Å². The lowest BCUT2D eigenvalue weighted by Crippen LogP contribution is -2.17. The Morgan fingerprint density at radius 1 is 1.64 bits per heavy atom. The Kier molecular flexibility index (Phi) is 2.17. The van der Waals surface area contributed by atoms with Crippen LogP contribution >= 0.6 is 0 Å². The van der Waals surface area contributed by atoms with Crippen molar-refractivity contribution in [3.05, 3.63) is 11.5 Å². The van der Waals surface area contributed by atoms with Crippen LogP contribution in [-0.4, -0.2) is 19.0 Å². The number of allylic oxidation sites excluding steroid dienone is 1. The van der Waals surface area contributed by atoms with Gasteiger partial charge in [0.05, 0.1) is 7.11 Å². The molecule has 0 saturated carbocycles. The van der Waals surface area contributed by atoms with E-state index in [9.17, 15) is 4.79 Å². The van der Waals surface area contributed by atoms with E-state index < -0.39 is 0 Å². The van der Waals surface area contributed by atoms with Crippen molar-refractivity contribution >= 4 is 5.78 Å². The standard InChI is InChI=1S/C8H12O3/c1-4-6-7(9)8(10-3)5(2)11-6/h6H,4H2,1-3H3. The normalized spacial score (nSPS) is 23.9. The Balaban J connectivity index is 2.78. The highest BCUT2D eigenvalue weighted by atomic mass is 16.5. The minimum absolute atomic E-state index is 0.0347. The minimum Gasteiger partial charge on any atom is -0.490 e. The van der Waals surface area contributed by atoms with Crippen LogP contribution in [0.4, 0.5) is 0 Å². The average Bonchev–Trinajstić information content (AvgIpc) is 2.26. The van der Waals surface area contributed by atoms with Crippen LogP contribution < -0.4 is 0 Å². The molecule has 1 heterocycles. The van der Waals surface area contributed by atoms with Gasteiger partial charge in [0.25, 0.3) is 0 Å². The Bertz CT molecular complexity index is 205. The predicted octanol–water partition coefficient (Wildman–Crippen LogP) is 1.24. The number of methoxy groups -OCH3 is 1. The zero-order valence-electron chi connectivity index (χ0n) is 7.01. The Morgan fingerprint density at radius 2 is 2.27 bits per heavy atom. The maximum absolute atomic E-state index is 11.3. The Labute approximate surface area is 66.0 Å². The number of hydrogen-bond donors (Lipinski definition) is 0. The van der Waals surface area contributed by atoms with Crippen LogP contribution in [-0.2, 0) is 14.3 Å². The van der Waals surface area contributed by atoms with Gasteiger partial charge in [0.15, 0.2) is 6.10 Å². The molecule has 3 nitrogen and oxygen atoms in total. The molecule has 3 heteroatoms. The molecule has 11 heavy (non-hydrogen) atoms. The van der Waals surface area contributed by atoms with E-state index in [1.54, 1.807) is 6.92 Å². The van der Waals surface area contributed by atoms with E-state index in [0.717, 1.165) is 0 Å². The van der Waals surface area contributed by atoms with Crippen molar-refractivity contribution in [2.24, 2.45) is 0 Å². The van der Waals surface area contributed by atoms with Gasteiger partial charge in [-0.3, -0.25) is 4.79 Å². The Hall–Kier alpha value is -0.990. The first-order valence-corrected chi connectivity index (χ1v) is 3.66. The van der Waals surface area contributed by atoms with Crippen molar-refractivity contribution in [3.8, 4) is 0 Å². The van der Waals surface area contributed by atoms with E-state index >= 15 is 0 Å². The molecule has 0 radical (unpaired) electrons. The molecule has 0 spiro atoms. The molecule has 0 amide bonds. The van der Waals surface area contributed by atoms with Gasteiger partial charge in [0.2, 0.25) is 11.5 Å².